The van der Waals surface area contributed by atoms with Crippen molar-refractivity contribution in [1.82, 2.24) is 14.7 Å². The van der Waals surface area contributed by atoms with Gasteiger partial charge in [-0.1, -0.05) is 69.7 Å². The van der Waals surface area contributed by atoms with E-state index in [0.29, 0.717) is 51.9 Å². The average molecular weight is 566 g/mol. The van der Waals surface area contributed by atoms with Gasteiger partial charge in [-0.25, -0.2) is 0 Å². The molecule has 1 aromatic carbocycles. The summed E-state index contributed by atoms with van der Waals surface area (Å²) in [6, 6.07) is 8.33. The van der Waals surface area contributed by atoms with Gasteiger partial charge >= 0.3 is 0 Å². The van der Waals surface area contributed by atoms with Crippen LogP contribution >= 0.6 is 0 Å². The van der Waals surface area contributed by atoms with Gasteiger partial charge in [0.25, 0.3) is 0 Å². The molecule has 4 rings (SSSR count). The molecule has 3 amide bonds. The highest BCUT2D eigenvalue weighted by atomic mass is 16.5. The van der Waals surface area contributed by atoms with Gasteiger partial charge in [0, 0.05) is 26.2 Å². The van der Waals surface area contributed by atoms with Crippen LogP contribution in [0.2, 0.25) is 0 Å². The number of fused-ring (bicyclic) bond motifs is 1. The van der Waals surface area contributed by atoms with Gasteiger partial charge in [-0.05, 0) is 37.7 Å². The van der Waals surface area contributed by atoms with E-state index in [-0.39, 0.29) is 24.3 Å². The molecule has 3 saturated heterocycles. The molecular weight excluding hydrogens is 518 g/mol. The van der Waals surface area contributed by atoms with Gasteiger partial charge in [-0.3, -0.25) is 14.4 Å². The first-order valence-electron chi connectivity index (χ1n) is 15.3. The Morgan fingerprint density at radius 3 is 2.37 bits per heavy atom. The van der Waals surface area contributed by atoms with E-state index in [1.807, 2.05) is 44.2 Å². The first-order chi connectivity index (χ1) is 19.8. The van der Waals surface area contributed by atoms with Crippen molar-refractivity contribution >= 4 is 17.7 Å². The van der Waals surface area contributed by atoms with Crippen molar-refractivity contribution in [2.24, 2.45) is 11.8 Å². The van der Waals surface area contributed by atoms with Crippen LogP contribution in [0.3, 0.4) is 0 Å². The summed E-state index contributed by atoms with van der Waals surface area (Å²) in [7, 11) is 0. The quantitative estimate of drug-likeness (QED) is 0.326. The molecule has 8 heteroatoms. The SMILES string of the molecule is C=CCN(CCCC)C(=O)C1N([C@@H](CC)CO)C(=O)[C@@H]2[C@@H](C(=O)N(CC=C)Cc3ccccc3)[C@@]3(CC)CCC12O3. The highest BCUT2D eigenvalue weighted by molar-refractivity contribution is 5.99. The van der Waals surface area contributed by atoms with Gasteiger partial charge in [0.1, 0.15) is 11.6 Å². The lowest BCUT2D eigenvalue weighted by Crippen LogP contribution is -2.59. The number of unbranched alkanes of at least 4 members (excludes halogenated alkanes) is 1. The molecule has 6 atom stereocenters. The molecular formula is C33H47N3O5. The maximum absolute atomic E-state index is 14.5. The summed E-state index contributed by atoms with van der Waals surface area (Å²) in [5.41, 5.74) is -0.960. The lowest BCUT2D eigenvalue weighted by Gasteiger charge is -2.39. The largest absolute Gasteiger partial charge is 0.394 e. The van der Waals surface area contributed by atoms with Crippen molar-refractivity contribution in [1.29, 1.82) is 0 Å². The van der Waals surface area contributed by atoms with Crippen molar-refractivity contribution in [3.63, 3.8) is 0 Å². The van der Waals surface area contributed by atoms with E-state index in [1.54, 1.807) is 26.9 Å². The number of nitrogens with zero attached hydrogens (tertiary/aromatic N) is 3. The Morgan fingerprint density at radius 2 is 1.78 bits per heavy atom. The normalized spacial score (nSPS) is 28.8. The van der Waals surface area contributed by atoms with Gasteiger partial charge in [-0.15, -0.1) is 13.2 Å². The molecule has 0 aliphatic carbocycles. The molecule has 3 fully saturated rings. The fourth-order valence-electron chi connectivity index (χ4n) is 7.48. The number of hydrogen-bond donors (Lipinski definition) is 1. The van der Waals surface area contributed by atoms with Crippen LogP contribution in [0, 0.1) is 11.8 Å². The number of aliphatic hydroxyl groups is 1. The summed E-state index contributed by atoms with van der Waals surface area (Å²) >= 11 is 0. The zero-order valence-electron chi connectivity index (χ0n) is 25.0. The third-order valence-corrected chi connectivity index (χ3v) is 9.51. The molecule has 41 heavy (non-hydrogen) atoms. The van der Waals surface area contributed by atoms with E-state index in [4.69, 9.17) is 4.74 Å². The topological polar surface area (TPSA) is 90.4 Å². The van der Waals surface area contributed by atoms with E-state index >= 15 is 0 Å². The highest BCUT2D eigenvalue weighted by Gasteiger charge is 2.79. The van der Waals surface area contributed by atoms with Crippen molar-refractivity contribution in [3.05, 3.63) is 61.2 Å². The Hall–Kier alpha value is -2.97. The smallest absolute Gasteiger partial charge is 0.248 e. The maximum atomic E-state index is 14.5. The Kier molecular flexibility index (Phi) is 9.75. The van der Waals surface area contributed by atoms with E-state index < -0.39 is 35.1 Å². The molecule has 0 radical (unpaired) electrons. The second-order valence-electron chi connectivity index (χ2n) is 11.7. The minimum Gasteiger partial charge on any atom is -0.394 e. The Morgan fingerprint density at radius 1 is 1.10 bits per heavy atom. The van der Waals surface area contributed by atoms with E-state index in [0.717, 1.165) is 18.4 Å². The number of carbonyl (C=O) groups is 3. The monoisotopic (exact) mass is 565 g/mol. The number of ether oxygens (including phenoxy) is 1. The summed E-state index contributed by atoms with van der Waals surface area (Å²) in [5, 5.41) is 10.3. The lowest BCUT2D eigenvalue weighted by molar-refractivity contribution is -0.158. The zero-order chi connectivity index (χ0) is 29.8. The van der Waals surface area contributed by atoms with Crippen LogP contribution in [0.1, 0.15) is 64.9 Å². The molecule has 0 aromatic heterocycles. The minimum atomic E-state index is -1.12. The summed E-state index contributed by atoms with van der Waals surface area (Å²) in [4.78, 5) is 48.5. The molecule has 1 N–H and O–H groups in total. The summed E-state index contributed by atoms with van der Waals surface area (Å²) < 4.78 is 6.95. The van der Waals surface area contributed by atoms with Crippen molar-refractivity contribution < 1.29 is 24.2 Å². The maximum Gasteiger partial charge on any atom is 0.248 e. The fourth-order valence-corrected chi connectivity index (χ4v) is 7.48. The summed E-state index contributed by atoms with van der Waals surface area (Å²) in [5.74, 6) is -2.11. The average Bonchev–Trinajstić information content (AvgIpc) is 3.59. The second-order valence-corrected chi connectivity index (χ2v) is 11.7. The molecule has 1 aromatic rings. The molecule has 8 nitrogen and oxygen atoms in total. The first-order valence-corrected chi connectivity index (χ1v) is 15.3. The highest BCUT2D eigenvalue weighted by Crippen LogP contribution is 2.65. The van der Waals surface area contributed by atoms with Crippen LogP contribution in [0.15, 0.2) is 55.6 Å². The van der Waals surface area contributed by atoms with Gasteiger partial charge in [0.2, 0.25) is 17.7 Å². The molecule has 3 aliphatic heterocycles. The second kappa shape index (κ2) is 12.9. The third-order valence-electron chi connectivity index (χ3n) is 9.51. The number of benzene rings is 1. The fraction of sp³-hybridized carbons (Fsp3) is 0.606. The zero-order valence-corrected chi connectivity index (χ0v) is 25.0. The van der Waals surface area contributed by atoms with Gasteiger partial charge in [0.05, 0.1) is 30.1 Å². The van der Waals surface area contributed by atoms with Crippen LogP contribution in [0.4, 0.5) is 0 Å². The summed E-state index contributed by atoms with van der Waals surface area (Å²) in [6.07, 6.45) is 7.32. The number of aliphatic hydroxyl groups excluding tert-OH is 1. The van der Waals surface area contributed by atoms with Crippen molar-refractivity contribution in [2.75, 3.05) is 26.2 Å². The first kappa shape index (κ1) is 31.0. The van der Waals surface area contributed by atoms with Gasteiger partial charge < -0.3 is 24.5 Å². The number of likely N-dealkylation sites (tertiary alicyclic amines) is 1. The van der Waals surface area contributed by atoms with E-state index in [9.17, 15) is 19.5 Å². The molecule has 2 unspecified atom stereocenters. The number of carbonyl (C=O) groups excluding carboxylic acids is 3. The lowest BCUT2D eigenvalue weighted by atomic mass is 9.64. The molecule has 224 valence electrons. The predicted octanol–water partition coefficient (Wildman–Crippen LogP) is 3.94. The van der Waals surface area contributed by atoms with E-state index in [1.165, 1.54) is 0 Å². The summed E-state index contributed by atoms with van der Waals surface area (Å²) in [6.45, 7) is 15.1. The molecule has 3 heterocycles. The van der Waals surface area contributed by atoms with Gasteiger partial charge in [-0.2, -0.15) is 0 Å². The van der Waals surface area contributed by atoms with Crippen LogP contribution in [-0.4, -0.2) is 87.1 Å². The van der Waals surface area contributed by atoms with Crippen LogP contribution < -0.4 is 0 Å². The third kappa shape index (κ3) is 5.25. The molecule has 2 bridgehead atoms. The predicted molar refractivity (Wildman–Crippen MR) is 159 cm³/mol. The molecule has 1 spiro atoms. The molecule has 0 saturated carbocycles. The number of rotatable bonds is 15. The van der Waals surface area contributed by atoms with E-state index in [2.05, 4.69) is 20.1 Å². The van der Waals surface area contributed by atoms with Crippen molar-refractivity contribution in [2.45, 2.75) is 89.1 Å². The van der Waals surface area contributed by atoms with Crippen LogP contribution in [0.25, 0.3) is 0 Å². The standard InChI is InChI=1S/C33H47N3O5/c1-6-11-21-34(19-7-2)31(40)28-33-18-17-32(10-5,41-33)26(27(33)30(39)36(28)25(9-4)23-37)29(38)35(20-8-3)22-24-15-13-12-14-16-24/h7-8,12-16,25-28,37H,2-3,6,9-11,17-23H2,1,4-5H3/t25-,26-,27-,28?,32+,33?/m0/s1. The van der Waals surface area contributed by atoms with Gasteiger partial charge in [0.15, 0.2) is 0 Å². The van der Waals surface area contributed by atoms with Crippen LogP contribution in [0.5, 0.6) is 0 Å². The van der Waals surface area contributed by atoms with Crippen LogP contribution in [-0.2, 0) is 25.7 Å². The number of hydrogen-bond acceptors (Lipinski definition) is 5. The Labute approximate surface area is 245 Å². The Balaban J connectivity index is 1.80. The Bertz CT molecular complexity index is 1120. The minimum absolute atomic E-state index is 0.144. The van der Waals surface area contributed by atoms with Crippen molar-refractivity contribution in [3.8, 4) is 0 Å². The number of amides is 3. The molecule has 3 aliphatic rings.